The van der Waals surface area contributed by atoms with Gasteiger partial charge in [0.15, 0.2) is 5.96 Å². The molecule has 1 aliphatic heterocycles. The molecule has 1 saturated heterocycles. The molecule has 0 amide bonds. The largest absolute Gasteiger partial charge is 0.380 e. The van der Waals surface area contributed by atoms with Crippen LogP contribution in [0.15, 0.2) is 4.99 Å². The first kappa shape index (κ1) is 21.9. The molecule has 5 nitrogen and oxygen atoms in total. The Labute approximate surface area is 153 Å². The van der Waals surface area contributed by atoms with E-state index >= 15 is 0 Å². The van der Waals surface area contributed by atoms with Gasteiger partial charge in [-0.25, -0.2) is 0 Å². The van der Waals surface area contributed by atoms with Gasteiger partial charge >= 0.3 is 0 Å². The van der Waals surface area contributed by atoms with Crippen molar-refractivity contribution >= 4 is 29.9 Å². The third-order valence-electron chi connectivity index (χ3n) is 3.91. The Morgan fingerprint density at radius 1 is 1.36 bits per heavy atom. The Balaban J connectivity index is 0.00000441. The van der Waals surface area contributed by atoms with Crippen molar-refractivity contribution in [1.82, 2.24) is 15.5 Å². The summed E-state index contributed by atoms with van der Waals surface area (Å²) in [5.41, 5.74) is 0. The normalized spacial score (nSPS) is 21.1. The molecule has 2 unspecified atom stereocenters. The van der Waals surface area contributed by atoms with Crippen LogP contribution in [0.25, 0.3) is 0 Å². The van der Waals surface area contributed by atoms with E-state index in [1.807, 2.05) is 6.92 Å². The lowest BCUT2D eigenvalue weighted by molar-refractivity contribution is 0.142. The summed E-state index contributed by atoms with van der Waals surface area (Å²) < 4.78 is 5.34. The van der Waals surface area contributed by atoms with Crippen LogP contribution in [0, 0.1) is 5.92 Å². The van der Waals surface area contributed by atoms with Gasteiger partial charge in [0, 0.05) is 32.3 Å². The van der Waals surface area contributed by atoms with Crippen molar-refractivity contribution in [3.63, 3.8) is 0 Å². The number of aliphatic imine (C=N–C) groups is 1. The highest BCUT2D eigenvalue weighted by atomic mass is 127. The molecule has 0 spiro atoms. The first-order valence-corrected chi connectivity index (χ1v) is 8.51. The number of hydrogen-bond donors (Lipinski definition) is 2. The van der Waals surface area contributed by atoms with Crippen molar-refractivity contribution in [2.75, 3.05) is 45.9 Å². The number of ether oxygens (including phenoxy) is 1. The van der Waals surface area contributed by atoms with E-state index in [9.17, 15) is 0 Å². The van der Waals surface area contributed by atoms with Crippen LogP contribution in [0.2, 0.25) is 0 Å². The molecule has 22 heavy (non-hydrogen) atoms. The van der Waals surface area contributed by atoms with Gasteiger partial charge in [0.1, 0.15) is 0 Å². The van der Waals surface area contributed by atoms with Crippen molar-refractivity contribution in [2.45, 2.75) is 46.6 Å². The fourth-order valence-corrected chi connectivity index (χ4v) is 2.69. The molecule has 1 aliphatic rings. The molecule has 0 bridgehead atoms. The first-order chi connectivity index (χ1) is 10.2. The van der Waals surface area contributed by atoms with E-state index in [-0.39, 0.29) is 24.0 Å². The monoisotopic (exact) mass is 426 g/mol. The van der Waals surface area contributed by atoms with Gasteiger partial charge in [0.25, 0.3) is 0 Å². The van der Waals surface area contributed by atoms with Crippen LogP contribution in [-0.4, -0.2) is 62.8 Å². The van der Waals surface area contributed by atoms with Crippen LogP contribution in [0.4, 0.5) is 0 Å². The molecular weight excluding hydrogens is 391 g/mol. The lowest BCUT2D eigenvalue weighted by Gasteiger charge is -2.35. The minimum atomic E-state index is 0. The standard InChI is InChI=1S/C16H34N4O.HI/c1-5-17-16(18-9-11-21-6-2)19-12-15(4)20-10-7-8-14(3)13-20;/h14-15H,5-13H2,1-4H3,(H2,17,18,19);1H. The number of hydrogen-bond acceptors (Lipinski definition) is 3. The first-order valence-electron chi connectivity index (χ1n) is 8.51. The Hall–Kier alpha value is -0.0800. The summed E-state index contributed by atoms with van der Waals surface area (Å²) in [6, 6.07) is 0.509. The number of halogens is 1. The lowest BCUT2D eigenvalue weighted by Crippen LogP contribution is -2.43. The van der Waals surface area contributed by atoms with Crippen LogP contribution in [0.3, 0.4) is 0 Å². The zero-order chi connectivity index (χ0) is 15.5. The van der Waals surface area contributed by atoms with Crippen LogP contribution in [0.5, 0.6) is 0 Å². The number of piperidine rings is 1. The predicted molar refractivity (Wildman–Crippen MR) is 105 cm³/mol. The molecular formula is C16H35IN4O. The predicted octanol–water partition coefficient (Wildman–Crippen LogP) is 2.32. The Morgan fingerprint density at radius 2 is 2.14 bits per heavy atom. The van der Waals surface area contributed by atoms with Crippen molar-refractivity contribution in [3.05, 3.63) is 0 Å². The van der Waals surface area contributed by atoms with Crippen molar-refractivity contribution in [3.8, 4) is 0 Å². The molecule has 2 N–H and O–H groups in total. The number of rotatable bonds is 8. The number of nitrogens with zero attached hydrogens (tertiary/aromatic N) is 2. The van der Waals surface area contributed by atoms with Gasteiger partial charge in [-0.15, -0.1) is 24.0 Å². The maximum Gasteiger partial charge on any atom is 0.191 e. The second-order valence-electron chi connectivity index (χ2n) is 5.93. The molecule has 0 aromatic carbocycles. The van der Waals surface area contributed by atoms with E-state index in [2.05, 4.69) is 36.3 Å². The molecule has 2 atom stereocenters. The van der Waals surface area contributed by atoms with Gasteiger partial charge < -0.3 is 15.4 Å². The molecule has 6 heteroatoms. The molecule has 0 radical (unpaired) electrons. The molecule has 1 heterocycles. The van der Waals surface area contributed by atoms with Crippen molar-refractivity contribution < 1.29 is 4.74 Å². The number of nitrogens with one attached hydrogen (secondary N) is 2. The molecule has 0 aromatic heterocycles. The van der Waals surface area contributed by atoms with Gasteiger partial charge in [-0.3, -0.25) is 9.89 Å². The van der Waals surface area contributed by atoms with Crippen molar-refractivity contribution in [2.24, 2.45) is 10.9 Å². The second kappa shape index (κ2) is 13.4. The van der Waals surface area contributed by atoms with E-state index in [0.717, 1.165) is 44.7 Å². The fraction of sp³-hybridized carbons (Fsp3) is 0.938. The highest BCUT2D eigenvalue weighted by Crippen LogP contribution is 2.17. The third kappa shape index (κ3) is 9.15. The SMILES string of the molecule is CCNC(=NCC(C)N1CCCC(C)C1)NCCOCC.I. The van der Waals surface area contributed by atoms with Crippen LogP contribution < -0.4 is 10.6 Å². The Kier molecular flexibility index (Phi) is 13.3. The number of guanidine groups is 1. The van der Waals surface area contributed by atoms with Crippen LogP contribution >= 0.6 is 24.0 Å². The van der Waals surface area contributed by atoms with Gasteiger partial charge in [-0.1, -0.05) is 6.92 Å². The van der Waals surface area contributed by atoms with Gasteiger partial charge in [0.05, 0.1) is 13.2 Å². The Bertz CT molecular complexity index is 302. The zero-order valence-corrected chi connectivity index (χ0v) is 17.1. The average molecular weight is 426 g/mol. The van der Waals surface area contributed by atoms with E-state index in [4.69, 9.17) is 9.73 Å². The van der Waals surface area contributed by atoms with Gasteiger partial charge in [0.2, 0.25) is 0 Å². The van der Waals surface area contributed by atoms with E-state index in [0.29, 0.717) is 6.04 Å². The summed E-state index contributed by atoms with van der Waals surface area (Å²) in [5, 5.41) is 6.61. The minimum Gasteiger partial charge on any atom is -0.380 e. The summed E-state index contributed by atoms with van der Waals surface area (Å²) in [4.78, 5) is 7.28. The summed E-state index contributed by atoms with van der Waals surface area (Å²) in [6.45, 7) is 15.2. The van der Waals surface area contributed by atoms with E-state index in [1.165, 1.54) is 25.9 Å². The lowest BCUT2D eigenvalue weighted by atomic mass is 9.99. The van der Waals surface area contributed by atoms with Crippen molar-refractivity contribution in [1.29, 1.82) is 0 Å². The fourth-order valence-electron chi connectivity index (χ4n) is 2.69. The van der Waals surface area contributed by atoms with Gasteiger partial charge in [-0.05, 0) is 46.1 Å². The summed E-state index contributed by atoms with van der Waals surface area (Å²) in [6.07, 6.45) is 2.69. The van der Waals surface area contributed by atoms with Crippen LogP contribution in [0.1, 0.15) is 40.5 Å². The van der Waals surface area contributed by atoms with Gasteiger partial charge in [-0.2, -0.15) is 0 Å². The molecule has 1 rings (SSSR count). The topological polar surface area (TPSA) is 48.9 Å². The Morgan fingerprint density at radius 3 is 2.77 bits per heavy atom. The van der Waals surface area contributed by atoms with E-state index in [1.54, 1.807) is 0 Å². The summed E-state index contributed by atoms with van der Waals surface area (Å²) >= 11 is 0. The molecule has 0 saturated carbocycles. The minimum absolute atomic E-state index is 0. The molecule has 1 fully saturated rings. The molecule has 0 aliphatic carbocycles. The highest BCUT2D eigenvalue weighted by molar-refractivity contribution is 14.0. The highest BCUT2D eigenvalue weighted by Gasteiger charge is 2.20. The summed E-state index contributed by atoms with van der Waals surface area (Å²) in [5.74, 6) is 1.72. The quantitative estimate of drug-likeness (QED) is 0.271. The van der Waals surface area contributed by atoms with Crippen LogP contribution in [-0.2, 0) is 4.74 Å². The maximum absolute atomic E-state index is 5.34. The zero-order valence-electron chi connectivity index (χ0n) is 14.7. The third-order valence-corrected chi connectivity index (χ3v) is 3.91. The second-order valence-corrected chi connectivity index (χ2v) is 5.93. The smallest absolute Gasteiger partial charge is 0.191 e. The average Bonchev–Trinajstić information content (AvgIpc) is 2.48. The molecule has 132 valence electrons. The molecule has 0 aromatic rings. The summed E-state index contributed by atoms with van der Waals surface area (Å²) in [7, 11) is 0. The number of likely N-dealkylation sites (tertiary alicyclic amines) is 1. The maximum atomic E-state index is 5.34. The van der Waals surface area contributed by atoms with E-state index < -0.39 is 0 Å².